The van der Waals surface area contributed by atoms with Gasteiger partial charge in [-0.1, -0.05) is 0 Å². The molecular formula is C9H6FNO3S. The van der Waals surface area contributed by atoms with Gasteiger partial charge in [-0.05, 0) is 0 Å². The van der Waals surface area contributed by atoms with Crippen molar-refractivity contribution < 1.29 is 19.0 Å². The fourth-order valence-corrected chi connectivity index (χ4v) is 1.99. The normalized spacial score (nSPS) is 10.5. The predicted molar refractivity (Wildman–Crippen MR) is 53.1 cm³/mol. The molecule has 15 heavy (non-hydrogen) atoms. The molecule has 1 aromatic carbocycles. The van der Waals surface area contributed by atoms with Crippen molar-refractivity contribution in [2.24, 2.45) is 0 Å². The maximum atomic E-state index is 13.2. The van der Waals surface area contributed by atoms with Crippen molar-refractivity contribution in [3.63, 3.8) is 0 Å². The van der Waals surface area contributed by atoms with Crippen molar-refractivity contribution in [1.29, 1.82) is 0 Å². The smallest absolute Gasteiger partial charge is 0.365 e. The first kappa shape index (κ1) is 9.85. The summed E-state index contributed by atoms with van der Waals surface area (Å²) in [6, 6.07) is 2.60. The number of benzene rings is 1. The Labute approximate surface area is 87.9 Å². The number of carbonyl (C=O) groups is 1. The minimum atomic E-state index is -1.12. The van der Waals surface area contributed by atoms with Gasteiger partial charge >= 0.3 is 5.97 Å². The van der Waals surface area contributed by atoms with Gasteiger partial charge in [-0.15, -0.1) is 11.3 Å². The highest BCUT2D eigenvalue weighted by Gasteiger charge is 2.13. The molecule has 2 rings (SSSR count). The summed E-state index contributed by atoms with van der Waals surface area (Å²) in [5.74, 6) is -1.58. The number of ether oxygens (including phenoxy) is 1. The Morgan fingerprint density at radius 3 is 2.93 bits per heavy atom. The topological polar surface area (TPSA) is 59.4 Å². The molecule has 0 amide bonds. The van der Waals surface area contributed by atoms with E-state index in [9.17, 15) is 9.18 Å². The Balaban J connectivity index is 2.66. The lowest BCUT2D eigenvalue weighted by Gasteiger charge is -1.99. The summed E-state index contributed by atoms with van der Waals surface area (Å²) in [4.78, 5) is 14.4. The Bertz CT molecular complexity index is 537. The van der Waals surface area contributed by atoms with Crippen molar-refractivity contribution >= 4 is 27.5 Å². The average molecular weight is 227 g/mol. The molecule has 2 aromatic rings. The molecule has 0 atom stereocenters. The molecular weight excluding hydrogens is 221 g/mol. The van der Waals surface area contributed by atoms with E-state index in [4.69, 9.17) is 9.84 Å². The number of rotatable bonds is 2. The van der Waals surface area contributed by atoms with Crippen LogP contribution in [0.5, 0.6) is 5.75 Å². The summed E-state index contributed by atoms with van der Waals surface area (Å²) in [6.45, 7) is 0. The van der Waals surface area contributed by atoms with E-state index in [0.29, 0.717) is 10.2 Å². The van der Waals surface area contributed by atoms with Gasteiger partial charge in [0.15, 0.2) is 11.6 Å². The van der Waals surface area contributed by atoms with Gasteiger partial charge in [0.05, 0.1) is 17.3 Å². The first-order valence-electron chi connectivity index (χ1n) is 3.99. The van der Waals surface area contributed by atoms with Crippen molar-refractivity contribution in [3.05, 3.63) is 23.0 Å². The molecule has 0 aliphatic heterocycles. The van der Waals surface area contributed by atoms with Crippen LogP contribution in [0.25, 0.3) is 10.2 Å². The van der Waals surface area contributed by atoms with Crippen LogP contribution in [-0.2, 0) is 0 Å². The molecule has 4 nitrogen and oxygen atoms in total. The molecule has 0 radical (unpaired) electrons. The minimum Gasteiger partial charge on any atom is -0.494 e. The third kappa shape index (κ3) is 1.63. The van der Waals surface area contributed by atoms with Crippen LogP contribution < -0.4 is 4.74 Å². The lowest BCUT2D eigenvalue weighted by molar-refractivity contribution is 0.0696. The minimum absolute atomic E-state index is 0.0577. The fraction of sp³-hybridized carbons (Fsp3) is 0.111. The summed E-state index contributed by atoms with van der Waals surface area (Å²) in [6.07, 6.45) is 0. The van der Waals surface area contributed by atoms with Gasteiger partial charge in [-0.25, -0.2) is 14.2 Å². The Morgan fingerprint density at radius 2 is 2.33 bits per heavy atom. The fourth-order valence-electron chi connectivity index (χ4n) is 1.18. The maximum Gasteiger partial charge on any atom is 0.365 e. The second-order valence-electron chi connectivity index (χ2n) is 2.78. The number of hydrogen-bond donors (Lipinski definition) is 1. The number of methoxy groups -OCH3 is 1. The number of fused-ring (bicyclic) bond motifs is 1. The van der Waals surface area contributed by atoms with E-state index >= 15 is 0 Å². The Hall–Kier alpha value is -1.69. The molecule has 0 spiro atoms. The summed E-state index contributed by atoms with van der Waals surface area (Å²) >= 11 is 0.986. The van der Waals surface area contributed by atoms with E-state index in [2.05, 4.69) is 4.98 Å². The van der Waals surface area contributed by atoms with Gasteiger partial charge in [-0.3, -0.25) is 0 Å². The monoisotopic (exact) mass is 227 g/mol. The van der Waals surface area contributed by atoms with E-state index in [1.165, 1.54) is 13.2 Å². The third-order valence-corrected chi connectivity index (χ3v) is 2.85. The zero-order chi connectivity index (χ0) is 11.0. The van der Waals surface area contributed by atoms with E-state index in [0.717, 1.165) is 17.4 Å². The van der Waals surface area contributed by atoms with Gasteiger partial charge in [0, 0.05) is 12.1 Å². The number of nitrogens with zero attached hydrogens (tertiary/aromatic N) is 1. The Kier molecular flexibility index (Phi) is 2.28. The van der Waals surface area contributed by atoms with E-state index in [1.54, 1.807) is 0 Å². The molecule has 0 unspecified atom stereocenters. The highest BCUT2D eigenvalue weighted by Crippen LogP contribution is 2.28. The SMILES string of the molecule is COc1cc2sc(C(=O)O)nc2cc1F. The van der Waals surface area contributed by atoms with Crippen LogP contribution in [0.4, 0.5) is 4.39 Å². The molecule has 0 aliphatic rings. The number of thiazole rings is 1. The van der Waals surface area contributed by atoms with Crippen LogP contribution in [0.3, 0.4) is 0 Å². The van der Waals surface area contributed by atoms with Gasteiger partial charge in [0.25, 0.3) is 0 Å². The van der Waals surface area contributed by atoms with Crippen molar-refractivity contribution in [1.82, 2.24) is 4.98 Å². The second-order valence-corrected chi connectivity index (χ2v) is 3.81. The van der Waals surface area contributed by atoms with E-state index in [-0.39, 0.29) is 10.8 Å². The first-order valence-corrected chi connectivity index (χ1v) is 4.81. The van der Waals surface area contributed by atoms with Crippen molar-refractivity contribution in [2.45, 2.75) is 0 Å². The lowest BCUT2D eigenvalue weighted by atomic mass is 10.3. The zero-order valence-corrected chi connectivity index (χ0v) is 8.47. The average Bonchev–Trinajstić information content (AvgIpc) is 2.59. The molecule has 0 bridgehead atoms. The first-order chi connectivity index (χ1) is 7.11. The molecule has 1 heterocycles. The molecule has 1 aromatic heterocycles. The molecule has 0 aliphatic carbocycles. The van der Waals surface area contributed by atoms with Gasteiger partial charge in [-0.2, -0.15) is 0 Å². The number of halogens is 1. The van der Waals surface area contributed by atoms with Crippen LogP contribution in [0, 0.1) is 5.82 Å². The number of carboxylic acids is 1. The molecule has 0 saturated heterocycles. The van der Waals surface area contributed by atoms with E-state index < -0.39 is 11.8 Å². The number of aromatic carboxylic acids is 1. The second kappa shape index (κ2) is 3.47. The summed E-state index contributed by atoms with van der Waals surface area (Å²) in [5.41, 5.74) is 0.329. The number of carboxylic acid groups (broad SMARTS) is 1. The highest BCUT2D eigenvalue weighted by atomic mass is 32.1. The highest BCUT2D eigenvalue weighted by molar-refractivity contribution is 7.20. The van der Waals surface area contributed by atoms with Crippen LogP contribution in [0.15, 0.2) is 12.1 Å². The Morgan fingerprint density at radius 1 is 1.60 bits per heavy atom. The van der Waals surface area contributed by atoms with Crippen LogP contribution >= 0.6 is 11.3 Å². The molecule has 0 fully saturated rings. The summed E-state index contributed by atoms with van der Waals surface area (Å²) in [5, 5.41) is 8.65. The molecule has 78 valence electrons. The molecule has 1 N–H and O–H groups in total. The van der Waals surface area contributed by atoms with Gasteiger partial charge in [0.2, 0.25) is 5.01 Å². The third-order valence-electron chi connectivity index (χ3n) is 1.84. The quantitative estimate of drug-likeness (QED) is 0.853. The van der Waals surface area contributed by atoms with E-state index in [1.807, 2.05) is 0 Å². The summed E-state index contributed by atoms with van der Waals surface area (Å²) in [7, 11) is 1.35. The number of aromatic nitrogens is 1. The van der Waals surface area contributed by atoms with Crippen molar-refractivity contribution in [3.8, 4) is 5.75 Å². The summed E-state index contributed by atoms with van der Waals surface area (Å²) < 4.78 is 18.6. The molecule has 6 heteroatoms. The van der Waals surface area contributed by atoms with Crippen molar-refractivity contribution in [2.75, 3.05) is 7.11 Å². The standard InChI is InChI=1S/C9H6FNO3S/c1-14-6-3-7-5(2-4(6)10)11-8(15-7)9(12)13/h2-3H,1H3,(H,12,13). The number of hydrogen-bond acceptors (Lipinski definition) is 4. The largest absolute Gasteiger partial charge is 0.494 e. The molecule has 0 saturated carbocycles. The van der Waals surface area contributed by atoms with Gasteiger partial charge < -0.3 is 9.84 Å². The van der Waals surface area contributed by atoms with Crippen LogP contribution in [0.2, 0.25) is 0 Å². The predicted octanol–water partition coefficient (Wildman–Crippen LogP) is 2.14. The maximum absolute atomic E-state index is 13.2. The van der Waals surface area contributed by atoms with Gasteiger partial charge in [0.1, 0.15) is 0 Å². The lowest BCUT2D eigenvalue weighted by Crippen LogP contribution is -1.93. The van der Waals surface area contributed by atoms with Crippen LogP contribution in [-0.4, -0.2) is 23.2 Å². The zero-order valence-electron chi connectivity index (χ0n) is 7.65. The van der Waals surface area contributed by atoms with Crippen LogP contribution in [0.1, 0.15) is 9.80 Å².